The Morgan fingerprint density at radius 3 is 2.90 bits per heavy atom. The maximum absolute atomic E-state index is 5.60. The Kier molecular flexibility index (Phi) is 5.14. The third kappa shape index (κ3) is 3.96. The summed E-state index contributed by atoms with van der Waals surface area (Å²) in [5, 5.41) is 4.64. The molecule has 1 N–H and O–H groups in total. The van der Waals surface area contributed by atoms with Crippen molar-refractivity contribution < 1.29 is 4.74 Å². The van der Waals surface area contributed by atoms with Gasteiger partial charge in [-0.25, -0.2) is 4.98 Å². The Hall–Kier alpha value is -0.650. The van der Waals surface area contributed by atoms with Crippen LogP contribution in [0.1, 0.15) is 49.1 Å². The van der Waals surface area contributed by atoms with E-state index in [0.717, 1.165) is 38.8 Å². The van der Waals surface area contributed by atoms with Gasteiger partial charge in [0.15, 0.2) is 5.13 Å². The van der Waals surface area contributed by atoms with E-state index in [9.17, 15) is 0 Å². The number of nitrogens with zero attached hydrogens (tertiary/aromatic N) is 2. The maximum atomic E-state index is 5.60. The summed E-state index contributed by atoms with van der Waals surface area (Å²) in [4.78, 5) is 8.74. The Bertz CT molecular complexity index is 452. The summed E-state index contributed by atoms with van der Waals surface area (Å²) in [6.45, 7) is 7.07. The molecule has 0 radical (unpaired) electrons. The number of ether oxygens (including phenoxy) is 1. The SMILES string of the molecule is CCNCc1sc(N(C)CC2CCCOC2)nc1C1CC1. The average molecular weight is 309 g/mol. The van der Waals surface area contributed by atoms with Crippen LogP contribution in [0.15, 0.2) is 0 Å². The summed E-state index contributed by atoms with van der Waals surface area (Å²) >= 11 is 1.88. The zero-order chi connectivity index (χ0) is 14.7. The molecule has 0 bridgehead atoms. The van der Waals surface area contributed by atoms with Crippen molar-refractivity contribution in [2.75, 3.05) is 38.3 Å². The molecule has 2 aliphatic rings. The number of hydrogen-bond donors (Lipinski definition) is 1. The van der Waals surface area contributed by atoms with Crippen LogP contribution in [0.25, 0.3) is 0 Å². The van der Waals surface area contributed by atoms with Gasteiger partial charge in [0, 0.05) is 37.5 Å². The van der Waals surface area contributed by atoms with Crippen molar-refractivity contribution in [3.8, 4) is 0 Å². The van der Waals surface area contributed by atoms with E-state index in [2.05, 4.69) is 24.2 Å². The highest BCUT2D eigenvalue weighted by Gasteiger charge is 2.30. The van der Waals surface area contributed by atoms with Gasteiger partial charge in [-0.1, -0.05) is 6.92 Å². The molecule has 1 aliphatic carbocycles. The summed E-state index contributed by atoms with van der Waals surface area (Å²) in [7, 11) is 2.18. The molecule has 0 spiro atoms. The first-order valence-corrected chi connectivity index (χ1v) is 9.08. The molecule has 2 fully saturated rings. The summed E-state index contributed by atoms with van der Waals surface area (Å²) in [5.41, 5.74) is 1.36. The molecule has 1 saturated carbocycles. The van der Waals surface area contributed by atoms with Crippen LogP contribution >= 0.6 is 11.3 Å². The average Bonchev–Trinajstić information content (AvgIpc) is 3.26. The monoisotopic (exact) mass is 309 g/mol. The molecule has 1 aromatic rings. The van der Waals surface area contributed by atoms with Gasteiger partial charge in [0.2, 0.25) is 0 Å². The summed E-state index contributed by atoms with van der Waals surface area (Å²) in [5.74, 6) is 1.39. The van der Waals surface area contributed by atoms with Crippen LogP contribution in [0.5, 0.6) is 0 Å². The quantitative estimate of drug-likeness (QED) is 0.840. The molecule has 0 aromatic carbocycles. The minimum absolute atomic E-state index is 0.661. The Morgan fingerprint density at radius 1 is 1.38 bits per heavy atom. The predicted octanol–water partition coefficient (Wildman–Crippen LogP) is 2.99. The van der Waals surface area contributed by atoms with Crippen molar-refractivity contribution in [3.63, 3.8) is 0 Å². The molecule has 5 heteroatoms. The third-order valence-corrected chi connectivity index (χ3v) is 5.51. The molecule has 1 atom stereocenters. The summed E-state index contributed by atoms with van der Waals surface area (Å²) < 4.78 is 5.60. The molecule has 118 valence electrons. The lowest BCUT2D eigenvalue weighted by Crippen LogP contribution is -2.30. The van der Waals surface area contributed by atoms with Crippen LogP contribution < -0.4 is 10.2 Å². The first-order chi connectivity index (χ1) is 10.3. The number of hydrogen-bond acceptors (Lipinski definition) is 5. The van der Waals surface area contributed by atoms with Crippen molar-refractivity contribution in [1.82, 2.24) is 10.3 Å². The van der Waals surface area contributed by atoms with E-state index < -0.39 is 0 Å². The molecule has 3 rings (SSSR count). The number of thiazole rings is 1. The second-order valence-electron chi connectivity index (χ2n) is 6.32. The van der Waals surface area contributed by atoms with Crippen molar-refractivity contribution in [2.24, 2.45) is 5.92 Å². The smallest absolute Gasteiger partial charge is 0.185 e. The van der Waals surface area contributed by atoms with E-state index in [1.54, 1.807) is 0 Å². The first-order valence-electron chi connectivity index (χ1n) is 8.27. The summed E-state index contributed by atoms with van der Waals surface area (Å²) in [6.07, 6.45) is 5.13. The number of rotatable bonds is 7. The zero-order valence-corrected chi connectivity index (χ0v) is 14.0. The highest BCUT2D eigenvalue weighted by atomic mass is 32.1. The Balaban J connectivity index is 1.65. The van der Waals surface area contributed by atoms with Crippen molar-refractivity contribution >= 4 is 16.5 Å². The topological polar surface area (TPSA) is 37.4 Å². The lowest BCUT2D eigenvalue weighted by molar-refractivity contribution is 0.0576. The largest absolute Gasteiger partial charge is 0.381 e. The van der Waals surface area contributed by atoms with Crippen molar-refractivity contribution in [1.29, 1.82) is 0 Å². The van der Waals surface area contributed by atoms with Gasteiger partial charge in [0.1, 0.15) is 0 Å². The lowest BCUT2D eigenvalue weighted by Gasteiger charge is -2.26. The first kappa shape index (κ1) is 15.3. The molecule has 1 aliphatic heterocycles. The van der Waals surface area contributed by atoms with Crippen LogP contribution in [0.2, 0.25) is 0 Å². The molecule has 0 amide bonds. The maximum Gasteiger partial charge on any atom is 0.185 e. The van der Waals surface area contributed by atoms with Gasteiger partial charge in [-0.2, -0.15) is 0 Å². The molecule has 1 aromatic heterocycles. The van der Waals surface area contributed by atoms with Crippen LogP contribution in [0.3, 0.4) is 0 Å². The third-order valence-electron chi connectivity index (χ3n) is 4.33. The van der Waals surface area contributed by atoms with Crippen molar-refractivity contribution in [2.45, 2.75) is 45.1 Å². The molecule has 1 saturated heterocycles. The molecule has 21 heavy (non-hydrogen) atoms. The highest BCUT2D eigenvalue weighted by Crippen LogP contribution is 2.44. The van der Waals surface area contributed by atoms with Crippen LogP contribution in [-0.4, -0.2) is 38.3 Å². The molecule has 1 unspecified atom stereocenters. The number of aromatic nitrogens is 1. The Labute approximate surface area is 131 Å². The normalized spacial score (nSPS) is 22.5. The van der Waals surface area contributed by atoms with Gasteiger partial charge in [-0.15, -0.1) is 11.3 Å². The Morgan fingerprint density at radius 2 is 2.24 bits per heavy atom. The fourth-order valence-corrected chi connectivity index (χ4v) is 4.06. The molecular weight excluding hydrogens is 282 g/mol. The van der Waals surface area contributed by atoms with Crippen LogP contribution in [0.4, 0.5) is 5.13 Å². The predicted molar refractivity (Wildman–Crippen MR) is 88.3 cm³/mol. The second-order valence-corrected chi connectivity index (χ2v) is 7.39. The fraction of sp³-hybridized carbons (Fsp3) is 0.812. The number of nitrogens with one attached hydrogen (secondary N) is 1. The minimum atomic E-state index is 0.661. The van der Waals surface area contributed by atoms with Gasteiger partial charge >= 0.3 is 0 Å². The van der Waals surface area contributed by atoms with E-state index in [1.807, 2.05) is 11.3 Å². The molecule has 2 heterocycles. The number of anilines is 1. The van der Waals surface area contributed by atoms with Gasteiger partial charge < -0.3 is 15.0 Å². The van der Waals surface area contributed by atoms with E-state index in [1.165, 1.54) is 41.4 Å². The van der Waals surface area contributed by atoms with Gasteiger partial charge in [0.05, 0.1) is 12.3 Å². The fourth-order valence-electron chi connectivity index (χ4n) is 2.97. The van der Waals surface area contributed by atoms with Crippen LogP contribution in [-0.2, 0) is 11.3 Å². The zero-order valence-electron chi connectivity index (χ0n) is 13.2. The summed E-state index contributed by atoms with van der Waals surface area (Å²) in [6, 6.07) is 0. The van der Waals surface area contributed by atoms with E-state index in [0.29, 0.717) is 5.92 Å². The van der Waals surface area contributed by atoms with E-state index in [-0.39, 0.29) is 0 Å². The van der Waals surface area contributed by atoms with Crippen LogP contribution in [0, 0.1) is 5.92 Å². The van der Waals surface area contributed by atoms with E-state index >= 15 is 0 Å². The van der Waals surface area contributed by atoms with Gasteiger partial charge in [-0.3, -0.25) is 0 Å². The minimum Gasteiger partial charge on any atom is -0.381 e. The molecule has 4 nitrogen and oxygen atoms in total. The molecular formula is C16H27N3OS. The second kappa shape index (κ2) is 7.07. The van der Waals surface area contributed by atoms with Crippen molar-refractivity contribution in [3.05, 3.63) is 10.6 Å². The standard InChI is InChI=1S/C16H27N3OS/c1-3-17-9-14-15(13-6-7-13)18-16(21-14)19(2)10-12-5-4-8-20-11-12/h12-13,17H,3-11H2,1-2H3. The lowest BCUT2D eigenvalue weighted by atomic mass is 10.0. The van der Waals surface area contributed by atoms with E-state index in [4.69, 9.17) is 9.72 Å². The van der Waals surface area contributed by atoms with Gasteiger partial charge in [-0.05, 0) is 38.1 Å². The highest BCUT2D eigenvalue weighted by molar-refractivity contribution is 7.15. The van der Waals surface area contributed by atoms with Gasteiger partial charge in [0.25, 0.3) is 0 Å².